The van der Waals surface area contributed by atoms with E-state index in [0.29, 0.717) is 24.3 Å². The summed E-state index contributed by atoms with van der Waals surface area (Å²) in [5.41, 5.74) is 0.868. The predicted octanol–water partition coefficient (Wildman–Crippen LogP) is 1.81. The Balaban J connectivity index is 1.73. The fourth-order valence-electron chi connectivity index (χ4n) is 4.14. The maximum atomic E-state index is 12.8. The number of sulfone groups is 1. The van der Waals surface area contributed by atoms with Crippen LogP contribution in [0.5, 0.6) is 11.5 Å². The molecule has 0 N–H and O–H groups in total. The monoisotopic (exact) mass is 367 g/mol. The second kappa shape index (κ2) is 6.86. The molecular formula is C18H25NO5S. The molecule has 0 spiro atoms. The van der Waals surface area contributed by atoms with E-state index in [0.717, 1.165) is 18.4 Å². The zero-order valence-electron chi connectivity index (χ0n) is 14.9. The van der Waals surface area contributed by atoms with Crippen LogP contribution in [0.3, 0.4) is 0 Å². The minimum atomic E-state index is -3.04. The van der Waals surface area contributed by atoms with Crippen molar-refractivity contribution in [3.05, 3.63) is 23.8 Å². The molecule has 2 atom stereocenters. The first-order chi connectivity index (χ1) is 11.8. The molecule has 2 saturated heterocycles. The Labute approximate surface area is 149 Å². The summed E-state index contributed by atoms with van der Waals surface area (Å²) >= 11 is 0. The lowest BCUT2D eigenvalue weighted by atomic mass is 10.0. The molecule has 0 aromatic heterocycles. The van der Waals surface area contributed by atoms with E-state index in [4.69, 9.17) is 9.47 Å². The van der Waals surface area contributed by atoms with Gasteiger partial charge in [0.1, 0.15) is 9.84 Å². The third kappa shape index (κ3) is 3.61. The van der Waals surface area contributed by atoms with E-state index in [1.165, 1.54) is 6.26 Å². The van der Waals surface area contributed by atoms with Crippen LogP contribution in [0.1, 0.15) is 31.2 Å². The van der Waals surface area contributed by atoms with Gasteiger partial charge in [0.2, 0.25) is 5.91 Å². The van der Waals surface area contributed by atoms with Gasteiger partial charge in [-0.15, -0.1) is 0 Å². The topological polar surface area (TPSA) is 72.9 Å². The number of carbonyl (C=O) groups is 1. The van der Waals surface area contributed by atoms with Gasteiger partial charge in [0.15, 0.2) is 11.5 Å². The van der Waals surface area contributed by atoms with Crippen LogP contribution < -0.4 is 9.47 Å². The highest BCUT2D eigenvalue weighted by Gasteiger charge is 2.45. The summed E-state index contributed by atoms with van der Waals surface area (Å²) in [4.78, 5) is 14.8. The Morgan fingerprint density at radius 3 is 2.24 bits per heavy atom. The lowest BCUT2D eigenvalue weighted by molar-refractivity contribution is -0.134. The van der Waals surface area contributed by atoms with Crippen molar-refractivity contribution in [3.8, 4) is 11.5 Å². The maximum absolute atomic E-state index is 12.8. The number of benzene rings is 1. The summed E-state index contributed by atoms with van der Waals surface area (Å²) in [5.74, 6) is 1.30. The minimum Gasteiger partial charge on any atom is -0.493 e. The van der Waals surface area contributed by atoms with Crippen molar-refractivity contribution in [2.45, 2.75) is 49.4 Å². The molecule has 7 heteroatoms. The molecule has 2 heterocycles. The third-order valence-electron chi connectivity index (χ3n) is 5.39. The second-order valence-corrected chi connectivity index (χ2v) is 9.30. The molecule has 0 saturated carbocycles. The van der Waals surface area contributed by atoms with Gasteiger partial charge in [-0.1, -0.05) is 6.07 Å². The number of hydrogen-bond acceptors (Lipinski definition) is 5. The smallest absolute Gasteiger partial charge is 0.227 e. The van der Waals surface area contributed by atoms with E-state index >= 15 is 0 Å². The van der Waals surface area contributed by atoms with Crippen LogP contribution in [-0.2, 0) is 21.1 Å². The van der Waals surface area contributed by atoms with Crippen LogP contribution >= 0.6 is 0 Å². The Morgan fingerprint density at radius 1 is 1.12 bits per heavy atom. The molecule has 138 valence electrons. The molecule has 0 aliphatic carbocycles. The van der Waals surface area contributed by atoms with Gasteiger partial charge in [0.05, 0.1) is 25.9 Å². The first-order valence-corrected chi connectivity index (χ1v) is 10.5. The number of nitrogens with zero attached hydrogens (tertiary/aromatic N) is 1. The number of carbonyl (C=O) groups excluding carboxylic acids is 1. The summed E-state index contributed by atoms with van der Waals surface area (Å²) in [6, 6.07) is 5.58. The number of methoxy groups -OCH3 is 2. The van der Waals surface area contributed by atoms with Crippen LogP contribution in [0.4, 0.5) is 0 Å². The molecule has 1 amide bonds. The third-order valence-corrected chi connectivity index (χ3v) is 6.98. The van der Waals surface area contributed by atoms with Crippen LogP contribution in [0, 0.1) is 0 Å². The predicted molar refractivity (Wildman–Crippen MR) is 94.8 cm³/mol. The molecule has 1 aromatic carbocycles. The Hall–Kier alpha value is -1.76. The van der Waals surface area contributed by atoms with Crippen LogP contribution in [0.25, 0.3) is 0 Å². The average molecular weight is 367 g/mol. The van der Waals surface area contributed by atoms with Crippen molar-refractivity contribution in [2.24, 2.45) is 0 Å². The van der Waals surface area contributed by atoms with E-state index < -0.39 is 9.84 Å². The van der Waals surface area contributed by atoms with Gasteiger partial charge < -0.3 is 14.4 Å². The fraction of sp³-hybridized carbons (Fsp3) is 0.611. The zero-order valence-corrected chi connectivity index (χ0v) is 15.7. The number of hydrogen-bond donors (Lipinski definition) is 0. The van der Waals surface area contributed by atoms with Crippen molar-refractivity contribution in [1.29, 1.82) is 0 Å². The summed E-state index contributed by atoms with van der Waals surface area (Å²) in [7, 11) is 0.1000. The molecule has 1 aromatic rings. The molecule has 2 unspecified atom stereocenters. The van der Waals surface area contributed by atoms with Crippen LogP contribution in [0.2, 0.25) is 0 Å². The Kier molecular flexibility index (Phi) is 4.95. The fourth-order valence-corrected chi connectivity index (χ4v) is 5.28. The quantitative estimate of drug-likeness (QED) is 0.794. The van der Waals surface area contributed by atoms with Crippen molar-refractivity contribution < 1.29 is 22.7 Å². The van der Waals surface area contributed by atoms with Gasteiger partial charge in [-0.3, -0.25) is 4.79 Å². The largest absolute Gasteiger partial charge is 0.493 e. The Bertz CT molecular complexity index is 747. The number of rotatable bonds is 5. The standard InChI is InChI=1S/C18H25NO5S/c1-23-16-7-4-12(8-17(16)24-2)9-18(20)19-13-5-6-14(19)11-15(10-13)25(3,21)22/h4,7-8,13-15H,5-6,9-11H2,1-3H3. The molecular weight excluding hydrogens is 342 g/mol. The second-order valence-electron chi connectivity index (χ2n) is 6.98. The van der Waals surface area contributed by atoms with Gasteiger partial charge >= 0.3 is 0 Å². The van der Waals surface area contributed by atoms with Crippen molar-refractivity contribution in [2.75, 3.05) is 20.5 Å². The molecule has 3 rings (SSSR count). The van der Waals surface area contributed by atoms with E-state index in [2.05, 4.69) is 0 Å². The highest BCUT2D eigenvalue weighted by atomic mass is 32.2. The number of fused-ring (bicyclic) bond motifs is 2. The summed E-state index contributed by atoms with van der Waals surface area (Å²) in [6.07, 6.45) is 4.51. The van der Waals surface area contributed by atoms with Gasteiger partial charge in [-0.2, -0.15) is 0 Å². The number of piperidine rings is 1. The first kappa shape index (κ1) is 18.0. The molecule has 2 aliphatic rings. The lowest BCUT2D eigenvalue weighted by Crippen LogP contribution is -2.50. The molecule has 2 fully saturated rings. The van der Waals surface area contributed by atoms with Gasteiger partial charge in [-0.25, -0.2) is 8.42 Å². The first-order valence-electron chi connectivity index (χ1n) is 8.54. The van der Waals surface area contributed by atoms with E-state index in [1.807, 2.05) is 17.0 Å². The summed E-state index contributed by atoms with van der Waals surface area (Å²) < 4.78 is 34.3. The normalized spacial score (nSPS) is 25.7. The molecule has 25 heavy (non-hydrogen) atoms. The lowest BCUT2D eigenvalue weighted by Gasteiger charge is -2.38. The maximum Gasteiger partial charge on any atom is 0.227 e. The van der Waals surface area contributed by atoms with Crippen molar-refractivity contribution in [1.82, 2.24) is 4.90 Å². The highest BCUT2D eigenvalue weighted by Crippen LogP contribution is 2.38. The van der Waals surface area contributed by atoms with Crippen LogP contribution in [0.15, 0.2) is 18.2 Å². The van der Waals surface area contributed by atoms with Crippen molar-refractivity contribution in [3.63, 3.8) is 0 Å². The zero-order chi connectivity index (χ0) is 18.2. The van der Waals surface area contributed by atoms with E-state index in [1.54, 1.807) is 20.3 Å². The molecule has 2 bridgehead atoms. The van der Waals surface area contributed by atoms with Gasteiger partial charge in [-0.05, 0) is 43.4 Å². The van der Waals surface area contributed by atoms with E-state index in [-0.39, 0.29) is 29.7 Å². The van der Waals surface area contributed by atoms with Crippen LogP contribution in [-0.4, -0.2) is 57.0 Å². The van der Waals surface area contributed by atoms with Crippen molar-refractivity contribution >= 4 is 15.7 Å². The average Bonchev–Trinajstić information content (AvgIpc) is 2.83. The molecule has 6 nitrogen and oxygen atoms in total. The van der Waals surface area contributed by atoms with Gasteiger partial charge in [0.25, 0.3) is 0 Å². The number of ether oxygens (including phenoxy) is 2. The molecule has 0 radical (unpaired) electrons. The van der Waals surface area contributed by atoms with E-state index in [9.17, 15) is 13.2 Å². The summed E-state index contributed by atoms with van der Waals surface area (Å²) in [6.45, 7) is 0. The summed E-state index contributed by atoms with van der Waals surface area (Å²) in [5, 5.41) is -0.310. The SMILES string of the molecule is COc1ccc(CC(=O)N2C3CCC2CC(S(C)(=O)=O)C3)cc1OC. The van der Waals surface area contributed by atoms with Gasteiger partial charge in [0, 0.05) is 18.3 Å². The minimum absolute atomic E-state index is 0.0473. The highest BCUT2D eigenvalue weighted by molar-refractivity contribution is 7.91. The number of amides is 1. The molecule has 2 aliphatic heterocycles. The Morgan fingerprint density at radius 2 is 1.72 bits per heavy atom.